The van der Waals surface area contributed by atoms with E-state index in [1.165, 1.54) is 17.4 Å². The molecule has 2 aliphatic heterocycles. The number of amides is 2. The average Bonchev–Trinajstić information content (AvgIpc) is 3.49. The molecule has 0 aromatic heterocycles. The summed E-state index contributed by atoms with van der Waals surface area (Å²) in [6.45, 7) is 3.54. The van der Waals surface area contributed by atoms with Gasteiger partial charge in [0.05, 0.1) is 23.2 Å². The third-order valence-corrected chi connectivity index (χ3v) is 7.57. The number of Topliss-reactive ketones (excluding diaryl/α,β-unsaturated/α-hetero) is 1. The number of oxime groups is 1. The first-order chi connectivity index (χ1) is 15.0. The normalized spacial score (nSPS) is 32.7. The van der Waals surface area contributed by atoms with Gasteiger partial charge in [0.2, 0.25) is 11.8 Å². The molecule has 4 aliphatic rings. The fraction of sp³-hybridized carbons (Fsp3) is 0.360. The van der Waals surface area contributed by atoms with Crippen molar-refractivity contribution in [2.45, 2.75) is 26.4 Å². The summed E-state index contributed by atoms with van der Waals surface area (Å²) in [4.78, 5) is 45.5. The molecule has 0 N–H and O–H groups in total. The SMILES string of the molecule is CC(=O)c1ccc(N2C(=O)[C@@H]3[C@H]4C[C@@H]([C@@H]5C(c6ccc(C)cc6)=NO[C@@H]45)[C@@H]3C2=O)cc1. The fourth-order valence-corrected chi connectivity index (χ4v) is 6.19. The summed E-state index contributed by atoms with van der Waals surface area (Å²) < 4.78 is 0. The van der Waals surface area contributed by atoms with Crippen molar-refractivity contribution in [1.29, 1.82) is 0 Å². The lowest BCUT2D eigenvalue weighted by Crippen LogP contribution is -2.41. The molecule has 2 bridgehead atoms. The first-order valence-corrected chi connectivity index (χ1v) is 10.8. The van der Waals surface area contributed by atoms with E-state index in [0.717, 1.165) is 17.7 Å². The van der Waals surface area contributed by atoms with Gasteiger partial charge in [0, 0.05) is 17.4 Å². The number of rotatable bonds is 3. The van der Waals surface area contributed by atoms with Crippen LogP contribution in [0.15, 0.2) is 53.7 Å². The highest BCUT2D eigenvalue weighted by molar-refractivity contribution is 6.23. The molecule has 6 heteroatoms. The molecule has 6 rings (SSSR count). The summed E-state index contributed by atoms with van der Waals surface area (Å²) in [5.41, 5.74) is 4.20. The highest BCUT2D eigenvalue weighted by atomic mass is 16.6. The number of ketones is 1. The summed E-state index contributed by atoms with van der Waals surface area (Å²) in [5.74, 6) is -0.901. The van der Waals surface area contributed by atoms with Crippen LogP contribution in [0.25, 0.3) is 0 Å². The maximum Gasteiger partial charge on any atom is 0.238 e. The second-order valence-electron chi connectivity index (χ2n) is 9.17. The third-order valence-electron chi connectivity index (χ3n) is 7.57. The van der Waals surface area contributed by atoms with Crippen molar-refractivity contribution in [3.8, 4) is 0 Å². The van der Waals surface area contributed by atoms with E-state index in [1.807, 2.05) is 19.1 Å². The van der Waals surface area contributed by atoms with E-state index in [-0.39, 0.29) is 53.3 Å². The van der Waals surface area contributed by atoms with Gasteiger partial charge in [-0.3, -0.25) is 19.3 Å². The molecule has 6 atom stereocenters. The molecular weight excluding hydrogens is 392 g/mol. The molecule has 6 nitrogen and oxygen atoms in total. The van der Waals surface area contributed by atoms with Crippen LogP contribution in [0.1, 0.15) is 34.8 Å². The minimum absolute atomic E-state index is 0.00430. The van der Waals surface area contributed by atoms with Crippen LogP contribution in [0.5, 0.6) is 0 Å². The molecule has 31 heavy (non-hydrogen) atoms. The average molecular weight is 414 g/mol. The Hall–Kier alpha value is -3.28. The van der Waals surface area contributed by atoms with Gasteiger partial charge in [0.25, 0.3) is 0 Å². The highest BCUT2D eigenvalue weighted by Gasteiger charge is 2.70. The number of imide groups is 1. The van der Waals surface area contributed by atoms with Crippen LogP contribution >= 0.6 is 0 Å². The number of anilines is 1. The van der Waals surface area contributed by atoms with Gasteiger partial charge in [0.1, 0.15) is 6.10 Å². The number of hydrogen-bond donors (Lipinski definition) is 0. The van der Waals surface area contributed by atoms with Gasteiger partial charge >= 0.3 is 0 Å². The summed E-state index contributed by atoms with van der Waals surface area (Å²) >= 11 is 0. The van der Waals surface area contributed by atoms with E-state index in [0.29, 0.717) is 11.3 Å². The van der Waals surface area contributed by atoms with E-state index in [2.05, 4.69) is 17.3 Å². The van der Waals surface area contributed by atoms with Gasteiger partial charge in [-0.1, -0.05) is 35.0 Å². The molecule has 1 saturated heterocycles. The van der Waals surface area contributed by atoms with Crippen molar-refractivity contribution in [1.82, 2.24) is 0 Å². The van der Waals surface area contributed by atoms with Gasteiger partial charge in [-0.2, -0.15) is 0 Å². The molecule has 0 unspecified atom stereocenters. The van der Waals surface area contributed by atoms with Gasteiger partial charge < -0.3 is 4.84 Å². The highest BCUT2D eigenvalue weighted by Crippen LogP contribution is 2.62. The van der Waals surface area contributed by atoms with Gasteiger partial charge in [-0.05, 0) is 56.0 Å². The van der Waals surface area contributed by atoms with Crippen molar-refractivity contribution < 1.29 is 19.2 Å². The number of hydrogen-bond acceptors (Lipinski definition) is 5. The summed E-state index contributed by atoms with van der Waals surface area (Å²) in [7, 11) is 0. The molecule has 0 radical (unpaired) electrons. The van der Waals surface area contributed by atoms with E-state index in [1.54, 1.807) is 24.3 Å². The molecule has 2 heterocycles. The van der Waals surface area contributed by atoms with Gasteiger partial charge in [0.15, 0.2) is 5.78 Å². The molecule has 2 aromatic rings. The monoisotopic (exact) mass is 414 g/mol. The smallest absolute Gasteiger partial charge is 0.238 e. The maximum absolute atomic E-state index is 13.4. The van der Waals surface area contributed by atoms with Crippen LogP contribution in [0, 0.1) is 36.5 Å². The minimum atomic E-state index is -0.348. The standard InChI is InChI=1S/C25H22N2O4/c1-12-3-5-15(6-4-12)22-21-17-11-18(23(21)31-26-22)20-19(17)24(29)27(25(20)30)16-9-7-14(8-10-16)13(2)28/h3-10,17-21,23H,11H2,1-2H3/t17-,18-,19+,20-,21-,23+/m1/s1. The quantitative estimate of drug-likeness (QED) is 0.570. The largest absolute Gasteiger partial charge is 0.391 e. The van der Waals surface area contributed by atoms with Crippen LogP contribution in [-0.4, -0.2) is 29.4 Å². The molecule has 2 saturated carbocycles. The molecule has 0 spiro atoms. The predicted molar refractivity (Wildman–Crippen MR) is 114 cm³/mol. The molecule has 3 fully saturated rings. The number of aryl methyl sites for hydroxylation is 1. The van der Waals surface area contributed by atoms with Crippen LogP contribution in [0.3, 0.4) is 0 Å². The van der Waals surface area contributed by atoms with E-state index in [4.69, 9.17) is 4.84 Å². The lowest BCUT2D eigenvalue weighted by Gasteiger charge is -2.29. The number of carbonyl (C=O) groups excluding carboxylic acids is 3. The second kappa shape index (κ2) is 6.36. The molecule has 2 amide bonds. The summed E-state index contributed by atoms with van der Waals surface area (Å²) in [5, 5.41) is 4.39. The van der Waals surface area contributed by atoms with Crippen molar-refractivity contribution in [2.75, 3.05) is 4.90 Å². The Kier molecular flexibility index (Phi) is 3.79. The van der Waals surface area contributed by atoms with E-state index >= 15 is 0 Å². The number of carbonyl (C=O) groups is 3. The Balaban J connectivity index is 1.32. The van der Waals surface area contributed by atoms with Crippen LogP contribution in [0.2, 0.25) is 0 Å². The number of benzene rings is 2. The fourth-order valence-electron chi connectivity index (χ4n) is 6.19. The maximum atomic E-state index is 13.4. The predicted octanol–water partition coefficient (Wildman–Crippen LogP) is 3.37. The van der Waals surface area contributed by atoms with Crippen molar-refractivity contribution in [3.63, 3.8) is 0 Å². The van der Waals surface area contributed by atoms with Gasteiger partial charge in [-0.25, -0.2) is 0 Å². The zero-order valence-electron chi connectivity index (χ0n) is 17.3. The zero-order valence-corrected chi connectivity index (χ0v) is 17.3. The Labute approximate surface area is 179 Å². The Morgan fingerprint density at radius 2 is 1.58 bits per heavy atom. The van der Waals surface area contributed by atoms with Crippen LogP contribution in [0.4, 0.5) is 5.69 Å². The van der Waals surface area contributed by atoms with E-state index < -0.39 is 0 Å². The lowest BCUT2D eigenvalue weighted by molar-refractivity contribution is -0.125. The Morgan fingerprint density at radius 1 is 0.935 bits per heavy atom. The Morgan fingerprint density at radius 3 is 2.23 bits per heavy atom. The number of fused-ring (bicyclic) bond motifs is 8. The van der Waals surface area contributed by atoms with Crippen LogP contribution < -0.4 is 4.90 Å². The summed E-state index contributed by atoms with van der Waals surface area (Å²) in [6, 6.07) is 14.9. The first kappa shape index (κ1) is 18.5. The molecule has 2 aliphatic carbocycles. The zero-order chi connectivity index (χ0) is 21.4. The third kappa shape index (κ3) is 2.44. The first-order valence-electron chi connectivity index (χ1n) is 10.8. The van der Waals surface area contributed by atoms with Crippen molar-refractivity contribution >= 4 is 29.0 Å². The Bertz CT molecular complexity index is 1150. The lowest BCUT2D eigenvalue weighted by atomic mass is 9.71. The van der Waals surface area contributed by atoms with Gasteiger partial charge in [-0.15, -0.1) is 0 Å². The second-order valence-corrected chi connectivity index (χ2v) is 9.17. The summed E-state index contributed by atoms with van der Waals surface area (Å²) in [6.07, 6.45) is 0.684. The molecule has 156 valence electrons. The topological polar surface area (TPSA) is 76.0 Å². The van der Waals surface area contributed by atoms with E-state index in [9.17, 15) is 14.4 Å². The van der Waals surface area contributed by atoms with Crippen molar-refractivity contribution in [2.24, 2.45) is 34.7 Å². The molecular formula is C25H22N2O4. The minimum Gasteiger partial charge on any atom is -0.391 e. The van der Waals surface area contributed by atoms with Crippen LogP contribution in [-0.2, 0) is 14.4 Å². The van der Waals surface area contributed by atoms with Crippen molar-refractivity contribution in [3.05, 3.63) is 65.2 Å². The number of nitrogens with zero attached hydrogens (tertiary/aromatic N) is 2. The molecule has 2 aromatic carbocycles.